The highest BCUT2D eigenvalue weighted by atomic mass is 35.5. The number of likely N-dealkylation sites (N-methyl/N-ethyl adjacent to an activating group) is 1. The van der Waals surface area contributed by atoms with Crippen LogP contribution in [0.1, 0.15) is 17.2 Å². The van der Waals surface area contributed by atoms with Crippen molar-refractivity contribution in [1.29, 1.82) is 0 Å². The van der Waals surface area contributed by atoms with Gasteiger partial charge in [-0.05, 0) is 36.4 Å². The average molecular weight is 293 g/mol. The van der Waals surface area contributed by atoms with Gasteiger partial charge in [0.15, 0.2) is 0 Å². The molecule has 0 saturated heterocycles. The Bertz CT molecular complexity index is 539. The van der Waals surface area contributed by atoms with E-state index in [1.807, 2.05) is 25.2 Å². The fraction of sp³-hybridized carbons (Fsp3) is 0.250. The van der Waals surface area contributed by atoms with Gasteiger partial charge in [-0.25, -0.2) is 4.39 Å². The summed E-state index contributed by atoms with van der Waals surface area (Å²) in [5, 5.41) is 0.395. The number of halogens is 2. The molecular formula is C16H18ClFN2. The normalized spacial score (nSPS) is 12.7. The molecule has 2 aromatic rings. The molecule has 2 aromatic carbocycles. The maximum atomic E-state index is 13.5. The first kappa shape index (κ1) is 15.0. The summed E-state index contributed by atoms with van der Waals surface area (Å²) in [5.41, 5.74) is 7.84. The second kappa shape index (κ2) is 6.84. The first-order valence-corrected chi connectivity index (χ1v) is 6.88. The lowest BCUT2D eigenvalue weighted by Gasteiger charge is -2.27. The van der Waals surface area contributed by atoms with Crippen LogP contribution in [0.2, 0.25) is 5.02 Å². The molecule has 0 bridgehead atoms. The van der Waals surface area contributed by atoms with Crippen molar-refractivity contribution in [3.05, 3.63) is 70.5 Å². The average Bonchev–Trinajstić information content (AvgIpc) is 2.39. The summed E-state index contributed by atoms with van der Waals surface area (Å²) in [4.78, 5) is 2.10. The summed E-state index contributed by atoms with van der Waals surface area (Å²) in [5.74, 6) is -0.334. The molecule has 0 aromatic heterocycles. The Morgan fingerprint density at radius 1 is 1.20 bits per heavy atom. The van der Waals surface area contributed by atoms with E-state index in [1.54, 1.807) is 6.07 Å². The summed E-state index contributed by atoms with van der Waals surface area (Å²) in [6, 6.07) is 14.6. The molecule has 20 heavy (non-hydrogen) atoms. The van der Waals surface area contributed by atoms with Crippen LogP contribution in [0.15, 0.2) is 48.5 Å². The highest BCUT2D eigenvalue weighted by Gasteiger charge is 2.17. The van der Waals surface area contributed by atoms with E-state index in [0.29, 0.717) is 11.6 Å². The fourth-order valence-corrected chi connectivity index (χ4v) is 2.55. The van der Waals surface area contributed by atoms with Crippen molar-refractivity contribution in [1.82, 2.24) is 4.90 Å². The third-order valence-corrected chi connectivity index (χ3v) is 3.52. The van der Waals surface area contributed by atoms with Crippen LogP contribution in [0.3, 0.4) is 0 Å². The van der Waals surface area contributed by atoms with Crippen LogP contribution in [0, 0.1) is 5.82 Å². The zero-order valence-corrected chi connectivity index (χ0v) is 12.1. The fourth-order valence-electron chi connectivity index (χ4n) is 2.32. The predicted molar refractivity (Wildman–Crippen MR) is 81.1 cm³/mol. The van der Waals surface area contributed by atoms with Crippen LogP contribution < -0.4 is 5.73 Å². The van der Waals surface area contributed by atoms with E-state index < -0.39 is 0 Å². The van der Waals surface area contributed by atoms with Crippen molar-refractivity contribution in [2.75, 3.05) is 13.6 Å². The predicted octanol–water partition coefficient (Wildman–Crippen LogP) is 3.61. The van der Waals surface area contributed by atoms with Gasteiger partial charge in [0.05, 0.1) is 0 Å². The molecule has 0 radical (unpaired) electrons. The van der Waals surface area contributed by atoms with Gasteiger partial charge in [-0.1, -0.05) is 41.9 Å². The molecule has 0 aliphatic heterocycles. The van der Waals surface area contributed by atoms with Gasteiger partial charge in [-0.2, -0.15) is 0 Å². The van der Waals surface area contributed by atoms with Crippen LogP contribution in [0.4, 0.5) is 4.39 Å². The lowest BCUT2D eigenvalue weighted by Crippen LogP contribution is -2.30. The standard InChI is InChI=1S/C16H18ClFN2/c1-20(11-12-5-3-2-4-6-12)16(10-19)13-7-14(17)9-15(18)8-13/h2-9,16H,10-11,19H2,1H3. The van der Waals surface area contributed by atoms with E-state index in [1.165, 1.54) is 17.7 Å². The molecule has 106 valence electrons. The van der Waals surface area contributed by atoms with Gasteiger partial charge in [-0.15, -0.1) is 0 Å². The zero-order chi connectivity index (χ0) is 14.5. The Labute approximate surface area is 124 Å². The van der Waals surface area contributed by atoms with Gasteiger partial charge in [0, 0.05) is 24.2 Å². The summed E-state index contributed by atoms with van der Waals surface area (Å²) in [7, 11) is 1.98. The van der Waals surface area contributed by atoms with Crippen molar-refractivity contribution in [2.45, 2.75) is 12.6 Å². The van der Waals surface area contributed by atoms with E-state index in [9.17, 15) is 4.39 Å². The summed E-state index contributed by atoms with van der Waals surface area (Å²) in [6.07, 6.45) is 0. The van der Waals surface area contributed by atoms with E-state index >= 15 is 0 Å². The van der Waals surface area contributed by atoms with Gasteiger partial charge in [0.2, 0.25) is 0 Å². The van der Waals surface area contributed by atoms with Crippen molar-refractivity contribution in [2.24, 2.45) is 5.73 Å². The smallest absolute Gasteiger partial charge is 0.125 e. The van der Waals surface area contributed by atoms with Crippen molar-refractivity contribution >= 4 is 11.6 Å². The Morgan fingerprint density at radius 3 is 2.50 bits per heavy atom. The molecule has 2 rings (SSSR count). The third kappa shape index (κ3) is 3.79. The Balaban J connectivity index is 2.18. The first-order chi connectivity index (χ1) is 9.60. The molecule has 0 aliphatic carbocycles. The molecule has 0 heterocycles. The SMILES string of the molecule is CN(Cc1ccccc1)C(CN)c1cc(F)cc(Cl)c1. The van der Waals surface area contributed by atoms with Crippen LogP contribution in [-0.2, 0) is 6.54 Å². The van der Waals surface area contributed by atoms with Crippen molar-refractivity contribution in [3.8, 4) is 0 Å². The molecule has 0 fully saturated rings. The van der Waals surface area contributed by atoms with Crippen LogP contribution in [0.5, 0.6) is 0 Å². The lowest BCUT2D eigenvalue weighted by atomic mass is 10.0. The number of nitrogens with two attached hydrogens (primary N) is 1. The van der Waals surface area contributed by atoms with Gasteiger partial charge >= 0.3 is 0 Å². The zero-order valence-electron chi connectivity index (χ0n) is 11.4. The largest absolute Gasteiger partial charge is 0.329 e. The van der Waals surface area contributed by atoms with Crippen molar-refractivity contribution in [3.63, 3.8) is 0 Å². The quantitative estimate of drug-likeness (QED) is 0.912. The summed E-state index contributed by atoms with van der Waals surface area (Å²) < 4.78 is 13.5. The molecule has 0 saturated carbocycles. The van der Waals surface area contributed by atoms with E-state index in [-0.39, 0.29) is 11.9 Å². The minimum absolute atomic E-state index is 0.0663. The third-order valence-electron chi connectivity index (χ3n) is 3.30. The number of nitrogens with zero attached hydrogens (tertiary/aromatic N) is 1. The minimum Gasteiger partial charge on any atom is -0.329 e. The van der Waals surface area contributed by atoms with E-state index in [2.05, 4.69) is 17.0 Å². The number of rotatable bonds is 5. The van der Waals surface area contributed by atoms with Crippen LogP contribution >= 0.6 is 11.6 Å². The molecule has 0 spiro atoms. The molecule has 1 unspecified atom stereocenters. The maximum absolute atomic E-state index is 13.5. The minimum atomic E-state index is -0.334. The molecule has 2 nitrogen and oxygen atoms in total. The molecule has 0 aliphatic rings. The summed E-state index contributed by atoms with van der Waals surface area (Å²) in [6.45, 7) is 1.15. The lowest BCUT2D eigenvalue weighted by molar-refractivity contribution is 0.241. The van der Waals surface area contributed by atoms with Crippen LogP contribution in [-0.4, -0.2) is 18.5 Å². The van der Waals surface area contributed by atoms with Gasteiger partial charge < -0.3 is 5.73 Å². The van der Waals surface area contributed by atoms with E-state index in [0.717, 1.165) is 12.1 Å². The second-order valence-electron chi connectivity index (χ2n) is 4.85. The maximum Gasteiger partial charge on any atom is 0.125 e. The second-order valence-corrected chi connectivity index (χ2v) is 5.29. The highest BCUT2D eigenvalue weighted by Crippen LogP contribution is 2.24. The van der Waals surface area contributed by atoms with Gasteiger partial charge in [-0.3, -0.25) is 4.90 Å². The first-order valence-electron chi connectivity index (χ1n) is 6.50. The molecule has 1 atom stereocenters. The summed E-state index contributed by atoms with van der Waals surface area (Å²) >= 11 is 5.92. The number of benzene rings is 2. The van der Waals surface area contributed by atoms with Gasteiger partial charge in [0.1, 0.15) is 5.82 Å². The van der Waals surface area contributed by atoms with Gasteiger partial charge in [0.25, 0.3) is 0 Å². The molecule has 2 N–H and O–H groups in total. The monoisotopic (exact) mass is 292 g/mol. The topological polar surface area (TPSA) is 29.3 Å². The Morgan fingerprint density at radius 2 is 1.90 bits per heavy atom. The molecule has 4 heteroatoms. The van der Waals surface area contributed by atoms with E-state index in [4.69, 9.17) is 17.3 Å². The van der Waals surface area contributed by atoms with Crippen molar-refractivity contribution < 1.29 is 4.39 Å². The highest BCUT2D eigenvalue weighted by molar-refractivity contribution is 6.30. The molecular weight excluding hydrogens is 275 g/mol. The molecule has 0 amide bonds. The Hall–Kier alpha value is -1.42. The van der Waals surface area contributed by atoms with Crippen LogP contribution in [0.25, 0.3) is 0 Å². The Kier molecular flexibility index (Phi) is 5.12. The number of hydrogen-bond donors (Lipinski definition) is 1. The number of hydrogen-bond acceptors (Lipinski definition) is 2.